The minimum Gasteiger partial charge on any atom is -0.481 e. The molecule has 132 valence electrons. The number of hydrogen-bond acceptors (Lipinski definition) is 3. The maximum absolute atomic E-state index is 9.06. The lowest BCUT2D eigenvalue weighted by Crippen LogP contribution is -1.90. The maximum atomic E-state index is 9.06. The van der Waals surface area contributed by atoms with E-state index in [1.54, 1.807) is 7.11 Å². The fraction of sp³-hybridized carbons (Fsp3) is 0.130. The van der Waals surface area contributed by atoms with Crippen LogP contribution in [0.4, 0.5) is 0 Å². The summed E-state index contributed by atoms with van der Waals surface area (Å²) in [6.45, 7) is 4.09. The van der Waals surface area contributed by atoms with Crippen LogP contribution in [0.3, 0.4) is 0 Å². The molecule has 2 aromatic heterocycles. The number of nitrogens with one attached hydrogen (secondary N) is 1. The lowest BCUT2D eigenvalue weighted by atomic mass is 9.98. The Morgan fingerprint density at radius 2 is 1.78 bits per heavy atom. The van der Waals surface area contributed by atoms with Crippen LogP contribution in [0.25, 0.3) is 33.3 Å². The first-order valence-corrected chi connectivity index (χ1v) is 8.74. The lowest BCUT2D eigenvalue weighted by Gasteiger charge is -2.06. The van der Waals surface area contributed by atoms with Crippen molar-refractivity contribution < 1.29 is 4.74 Å². The average Bonchev–Trinajstić information content (AvgIpc) is 3.10. The zero-order chi connectivity index (χ0) is 19.0. The standard InChI is InChI=1S/C23H19N3O/c1-14-8-16(12-24)4-6-19(14)17-5-7-21-18(10-17)11-22(26-21)20-13-25-23(27-3)9-15(20)2/h4-11,13,26H,1-3H3. The third kappa shape index (κ3) is 3.04. The van der Waals surface area contributed by atoms with Gasteiger partial charge in [0.05, 0.1) is 18.7 Å². The van der Waals surface area contributed by atoms with Gasteiger partial charge in [0, 0.05) is 34.4 Å². The second kappa shape index (κ2) is 6.62. The number of pyridine rings is 1. The second-order valence-electron chi connectivity index (χ2n) is 6.67. The number of fused-ring (bicyclic) bond motifs is 1. The number of aromatic nitrogens is 2. The molecular weight excluding hydrogens is 334 g/mol. The van der Waals surface area contributed by atoms with E-state index in [0.717, 1.165) is 44.4 Å². The van der Waals surface area contributed by atoms with E-state index >= 15 is 0 Å². The van der Waals surface area contributed by atoms with Crippen LogP contribution in [0.5, 0.6) is 5.88 Å². The van der Waals surface area contributed by atoms with E-state index in [2.05, 4.69) is 47.2 Å². The molecule has 2 aromatic carbocycles. The third-order valence-electron chi connectivity index (χ3n) is 4.87. The van der Waals surface area contributed by atoms with Crippen LogP contribution < -0.4 is 4.74 Å². The molecule has 4 heteroatoms. The van der Waals surface area contributed by atoms with E-state index < -0.39 is 0 Å². The van der Waals surface area contributed by atoms with E-state index in [-0.39, 0.29) is 0 Å². The largest absolute Gasteiger partial charge is 0.481 e. The van der Waals surface area contributed by atoms with Crippen molar-refractivity contribution in [3.63, 3.8) is 0 Å². The van der Waals surface area contributed by atoms with Gasteiger partial charge < -0.3 is 9.72 Å². The minimum atomic E-state index is 0.617. The monoisotopic (exact) mass is 353 g/mol. The van der Waals surface area contributed by atoms with Crippen LogP contribution in [-0.4, -0.2) is 17.1 Å². The topological polar surface area (TPSA) is 61.7 Å². The van der Waals surface area contributed by atoms with Crippen LogP contribution in [0.1, 0.15) is 16.7 Å². The number of rotatable bonds is 3. The number of aromatic amines is 1. The second-order valence-corrected chi connectivity index (χ2v) is 6.67. The van der Waals surface area contributed by atoms with Crippen molar-refractivity contribution in [1.82, 2.24) is 9.97 Å². The molecule has 0 aliphatic heterocycles. The lowest BCUT2D eigenvalue weighted by molar-refractivity contribution is 0.397. The zero-order valence-corrected chi connectivity index (χ0v) is 15.5. The molecule has 0 unspecified atom stereocenters. The van der Waals surface area contributed by atoms with Crippen molar-refractivity contribution in [2.24, 2.45) is 0 Å². The molecule has 0 fully saturated rings. The Labute approximate surface area is 158 Å². The van der Waals surface area contributed by atoms with E-state index in [9.17, 15) is 0 Å². The smallest absolute Gasteiger partial charge is 0.213 e. The summed E-state index contributed by atoms with van der Waals surface area (Å²) in [4.78, 5) is 7.81. The van der Waals surface area contributed by atoms with Crippen molar-refractivity contribution in [1.29, 1.82) is 5.26 Å². The third-order valence-corrected chi connectivity index (χ3v) is 4.87. The minimum absolute atomic E-state index is 0.617. The van der Waals surface area contributed by atoms with Crippen LogP contribution in [0.15, 0.2) is 54.7 Å². The summed E-state index contributed by atoms with van der Waals surface area (Å²) >= 11 is 0. The van der Waals surface area contributed by atoms with Gasteiger partial charge in [-0.1, -0.05) is 12.1 Å². The fourth-order valence-electron chi connectivity index (χ4n) is 3.43. The molecular formula is C23H19N3O. The molecule has 0 atom stereocenters. The Morgan fingerprint density at radius 3 is 2.48 bits per heavy atom. The number of nitrogens with zero attached hydrogens (tertiary/aromatic N) is 2. The Morgan fingerprint density at radius 1 is 0.963 bits per heavy atom. The number of aryl methyl sites for hydroxylation is 2. The van der Waals surface area contributed by atoms with Gasteiger partial charge in [-0.2, -0.15) is 5.26 Å². The van der Waals surface area contributed by atoms with Crippen molar-refractivity contribution in [2.45, 2.75) is 13.8 Å². The maximum Gasteiger partial charge on any atom is 0.213 e. The molecule has 1 N–H and O–H groups in total. The molecule has 27 heavy (non-hydrogen) atoms. The molecule has 0 radical (unpaired) electrons. The molecule has 4 rings (SSSR count). The molecule has 2 heterocycles. The van der Waals surface area contributed by atoms with E-state index in [4.69, 9.17) is 10.00 Å². The van der Waals surface area contributed by atoms with Crippen molar-refractivity contribution in [3.05, 3.63) is 71.4 Å². The van der Waals surface area contributed by atoms with Crippen LogP contribution in [0.2, 0.25) is 0 Å². The highest BCUT2D eigenvalue weighted by molar-refractivity contribution is 5.90. The predicted molar refractivity (Wildman–Crippen MR) is 108 cm³/mol. The SMILES string of the molecule is COc1cc(C)c(-c2cc3cc(-c4ccc(C#N)cc4C)ccc3[nH]2)cn1. The van der Waals surface area contributed by atoms with Gasteiger partial charge in [0.2, 0.25) is 5.88 Å². The fourth-order valence-corrected chi connectivity index (χ4v) is 3.43. The molecule has 0 bridgehead atoms. The van der Waals surface area contributed by atoms with Gasteiger partial charge in [-0.3, -0.25) is 0 Å². The molecule has 0 amide bonds. The summed E-state index contributed by atoms with van der Waals surface area (Å²) in [6, 6.07) is 18.5. The quantitative estimate of drug-likeness (QED) is 0.537. The molecule has 4 aromatic rings. The summed E-state index contributed by atoms with van der Waals surface area (Å²) in [7, 11) is 1.62. The number of H-pyrrole nitrogens is 1. The number of benzene rings is 2. The highest BCUT2D eigenvalue weighted by Crippen LogP contribution is 2.31. The first-order valence-electron chi connectivity index (χ1n) is 8.74. The first kappa shape index (κ1) is 16.9. The average molecular weight is 353 g/mol. The van der Waals surface area contributed by atoms with E-state index in [1.165, 1.54) is 0 Å². The number of methoxy groups -OCH3 is 1. The van der Waals surface area contributed by atoms with Gasteiger partial charge >= 0.3 is 0 Å². The number of nitriles is 1. The Balaban J connectivity index is 1.78. The van der Waals surface area contributed by atoms with Crippen molar-refractivity contribution in [3.8, 4) is 34.3 Å². The zero-order valence-electron chi connectivity index (χ0n) is 15.5. The van der Waals surface area contributed by atoms with E-state index in [0.29, 0.717) is 11.4 Å². The van der Waals surface area contributed by atoms with Crippen LogP contribution in [0, 0.1) is 25.2 Å². The Kier molecular flexibility index (Phi) is 4.13. The number of hydrogen-bond donors (Lipinski definition) is 1. The molecule has 0 aliphatic rings. The van der Waals surface area contributed by atoms with Gasteiger partial charge in [0.25, 0.3) is 0 Å². The summed E-state index contributed by atoms with van der Waals surface area (Å²) < 4.78 is 5.20. The summed E-state index contributed by atoms with van der Waals surface area (Å²) in [5.41, 5.74) is 8.34. The van der Waals surface area contributed by atoms with Gasteiger partial charge in [-0.25, -0.2) is 4.98 Å². The van der Waals surface area contributed by atoms with Crippen molar-refractivity contribution >= 4 is 10.9 Å². The van der Waals surface area contributed by atoms with Crippen LogP contribution >= 0.6 is 0 Å². The normalized spacial score (nSPS) is 10.7. The van der Waals surface area contributed by atoms with Gasteiger partial charge in [-0.05, 0) is 66.4 Å². The van der Waals surface area contributed by atoms with Gasteiger partial charge in [-0.15, -0.1) is 0 Å². The first-order chi connectivity index (χ1) is 13.1. The molecule has 4 nitrogen and oxygen atoms in total. The number of ether oxygens (including phenoxy) is 1. The van der Waals surface area contributed by atoms with Gasteiger partial charge in [0.1, 0.15) is 0 Å². The van der Waals surface area contributed by atoms with Gasteiger partial charge in [0.15, 0.2) is 0 Å². The summed E-state index contributed by atoms with van der Waals surface area (Å²) in [6.07, 6.45) is 1.84. The van der Waals surface area contributed by atoms with E-state index in [1.807, 2.05) is 37.4 Å². The summed E-state index contributed by atoms with van der Waals surface area (Å²) in [5, 5.41) is 10.2. The van der Waals surface area contributed by atoms with Crippen molar-refractivity contribution in [2.75, 3.05) is 7.11 Å². The predicted octanol–water partition coefficient (Wildman–Crippen LogP) is 5.39. The molecule has 0 aliphatic carbocycles. The highest BCUT2D eigenvalue weighted by atomic mass is 16.5. The molecule has 0 saturated heterocycles. The molecule has 0 spiro atoms. The molecule has 0 saturated carbocycles. The summed E-state index contributed by atoms with van der Waals surface area (Å²) in [5.74, 6) is 0.617. The van der Waals surface area contributed by atoms with Crippen LogP contribution in [-0.2, 0) is 0 Å². The Bertz CT molecular complexity index is 1200. The highest BCUT2D eigenvalue weighted by Gasteiger charge is 2.10. The Hall–Kier alpha value is -3.58.